The van der Waals surface area contributed by atoms with Crippen molar-refractivity contribution < 1.29 is 14.7 Å². The Labute approximate surface area is 110 Å². The van der Waals surface area contributed by atoms with Crippen LogP contribution >= 0.6 is 11.8 Å². The number of carbonyl (C=O) groups is 2. The molecule has 0 radical (unpaired) electrons. The Hall–Kier alpha value is -1.49. The molecule has 1 aliphatic rings. The average Bonchev–Trinajstić information content (AvgIpc) is 2.33. The normalized spacial score (nSPS) is 16.7. The SMILES string of the molecule is CSc1ccccc1C(=O)NC1(C(=O)O)CCC1. The maximum atomic E-state index is 12.1. The second kappa shape index (κ2) is 5.02. The summed E-state index contributed by atoms with van der Waals surface area (Å²) in [6.07, 6.45) is 3.75. The minimum Gasteiger partial charge on any atom is -0.480 e. The Bertz CT molecular complexity index is 483. The first-order valence-electron chi connectivity index (χ1n) is 5.78. The molecule has 0 spiro atoms. The van der Waals surface area contributed by atoms with Gasteiger partial charge in [-0.25, -0.2) is 4.79 Å². The number of hydrogen-bond donors (Lipinski definition) is 2. The lowest BCUT2D eigenvalue weighted by molar-refractivity contribution is -0.148. The molecule has 18 heavy (non-hydrogen) atoms. The molecule has 5 heteroatoms. The predicted molar refractivity (Wildman–Crippen MR) is 69.9 cm³/mol. The maximum Gasteiger partial charge on any atom is 0.329 e. The lowest BCUT2D eigenvalue weighted by Crippen LogP contribution is -2.59. The van der Waals surface area contributed by atoms with Gasteiger partial charge in [0.1, 0.15) is 5.54 Å². The minimum absolute atomic E-state index is 0.304. The monoisotopic (exact) mass is 265 g/mol. The molecular weight excluding hydrogens is 250 g/mol. The van der Waals surface area contributed by atoms with Crippen LogP contribution in [0.2, 0.25) is 0 Å². The van der Waals surface area contributed by atoms with Gasteiger partial charge in [0.15, 0.2) is 0 Å². The van der Waals surface area contributed by atoms with Gasteiger partial charge < -0.3 is 10.4 Å². The van der Waals surface area contributed by atoms with Crippen LogP contribution in [0.5, 0.6) is 0 Å². The standard InChI is InChI=1S/C13H15NO3S/c1-18-10-6-3-2-5-9(10)11(15)14-13(12(16)17)7-4-8-13/h2-3,5-6H,4,7-8H2,1H3,(H,14,15)(H,16,17). The highest BCUT2D eigenvalue weighted by molar-refractivity contribution is 7.98. The van der Waals surface area contributed by atoms with Crippen molar-refractivity contribution in [2.24, 2.45) is 0 Å². The highest BCUT2D eigenvalue weighted by Crippen LogP contribution is 2.32. The van der Waals surface area contributed by atoms with Gasteiger partial charge in [-0.05, 0) is 37.7 Å². The van der Waals surface area contributed by atoms with Gasteiger partial charge in [0, 0.05) is 4.90 Å². The highest BCUT2D eigenvalue weighted by atomic mass is 32.2. The number of amides is 1. The van der Waals surface area contributed by atoms with Crippen LogP contribution in [0.3, 0.4) is 0 Å². The van der Waals surface area contributed by atoms with Crippen LogP contribution in [0.25, 0.3) is 0 Å². The van der Waals surface area contributed by atoms with Gasteiger partial charge >= 0.3 is 5.97 Å². The molecular formula is C13H15NO3S. The van der Waals surface area contributed by atoms with Crippen LogP contribution in [0.4, 0.5) is 0 Å². The Morgan fingerprint density at radius 1 is 1.33 bits per heavy atom. The summed E-state index contributed by atoms with van der Waals surface area (Å²) in [5, 5.41) is 11.9. The van der Waals surface area contributed by atoms with Crippen molar-refractivity contribution in [1.82, 2.24) is 5.32 Å². The number of benzene rings is 1. The van der Waals surface area contributed by atoms with E-state index in [-0.39, 0.29) is 5.91 Å². The molecule has 0 saturated heterocycles. The van der Waals surface area contributed by atoms with E-state index in [1.54, 1.807) is 12.1 Å². The third-order valence-electron chi connectivity index (χ3n) is 3.32. The minimum atomic E-state index is -1.05. The summed E-state index contributed by atoms with van der Waals surface area (Å²) in [4.78, 5) is 24.2. The van der Waals surface area contributed by atoms with Crippen molar-refractivity contribution in [3.05, 3.63) is 29.8 Å². The molecule has 0 aromatic heterocycles. The topological polar surface area (TPSA) is 66.4 Å². The number of carboxylic acid groups (broad SMARTS) is 1. The van der Waals surface area contributed by atoms with Crippen molar-refractivity contribution in [3.63, 3.8) is 0 Å². The summed E-state index contributed by atoms with van der Waals surface area (Å²) in [5.41, 5.74) is -0.514. The second-order valence-corrected chi connectivity index (χ2v) is 5.24. The van der Waals surface area contributed by atoms with E-state index < -0.39 is 11.5 Å². The van der Waals surface area contributed by atoms with Gasteiger partial charge in [-0.15, -0.1) is 11.8 Å². The largest absolute Gasteiger partial charge is 0.480 e. The maximum absolute atomic E-state index is 12.1. The van der Waals surface area contributed by atoms with Crippen LogP contribution in [-0.2, 0) is 4.79 Å². The van der Waals surface area contributed by atoms with E-state index in [0.717, 1.165) is 11.3 Å². The zero-order valence-corrected chi connectivity index (χ0v) is 10.9. The molecule has 2 N–H and O–H groups in total. The molecule has 0 aliphatic heterocycles. The zero-order valence-electron chi connectivity index (χ0n) is 10.1. The molecule has 0 atom stereocenters. The van der Waals surface area contributed by atoms with Crippen LogP contribution in [0, 0.1) is 0 Å². The van der Waals surface area contributed by atoms with E-state index >= 15 is 0 Å². The van der Waals surface area contributed by atoms with Gasteiger partial charge in [0.05, 0.1) is 5.56 Å². The Kier molecular flexibility index (Phi) is 3.61. The molecule has 1 fully saturated rings. The lowest BCUT2D eigenvalue weighted by atomic mass is 9.76. The van der Waals surface area contributed by atoms with Crippen molar-refractivity contribution >= 4 is 23.6 Å². The first-order valence-corrected chi connectivity index (χ1v) is 7.00. The van der Waals surface area contributed by atoms with Gasteiger partial charge in [-0.2, -0.15) is 0 Å². The van der Waals surface area contributed by atoms with E-state index in [4.69, 9.17) is 0 Å². The Morgan fingerprint density at radius 2 is 2.00 bits per heavy atom. The fourth-order valence-corrected chi connectivity index (χ4v) is 2.63. The molecule has 1 amide bonds. The molecule has 1 saturated carbocycles. The highest BCUT2D eigenvalue weighted by Gasteiger charge is 2.45. The molecule has 1 aromatic carbocycles. The number of carboxylic acids is 1. The van der Waals surface area contributed by atoms with E-state index in [2.05, 4.69) is 5.32 Å². The molecule has 1 aliphatic carbocycles. The second-order valence-electron chi connectivity index (χ2n) is 4.40. The first-order chi connectivity index (χ1) is 8.59. The number of nitrogens with one attached hydrogen (secondary N) is 1. The van der Waals surface area contributed by atoms with Gasteiger partial charge in [-0.3, -0.25) is 4.79 Å². The number of aliphatic carboxylic acids is 1. The van der Waals surface area contributed by atoms with Gasteiger partial charge in [0.2, 0.25) is 0 Å². The third-order valence-corrected chi connectivity index (χ3v) is 4.12. The molecule has 96 valence electrons. The van der Waals surface area contributed by atoms with Gasteiger partial charge in [0.25, 0.3) is 5.91 Å². The van der Waals surface area contributed by atoms with Crippen molar-refractivity contribution in [2.45, 2.75) is 29.7 Å². The number of carbonyl (C=O) groups excluding carboxylic acids is 1. The van der Waals surface area contributed by atoms with Crippen LogP contribution in [0.15, 0.2) is 29.2 Å². The molecule has 0 unspecified atom stereocenters. The molecule has 1 aromatic rings. The van der Waals surface area contributed by atoms with Crippen LogP contribution in [-0.4, -0.2) is 28.8 Å². The number of hydrogen-bond acceptors (Lipinski definition) is 3. The first kappa shape index (κ1) is 13.0. The average molecular weight is 265 g/mol. The quantitative estimate of drug-likeness (QED) is 0.819. The van der Waals surface area contributed by atoms with E-state index in [0.29, 0.717) is 18.4 Å². The summed E-state index contributed by atoms with van der Waals surface area (Å²) in [7, 11) is 0. The van der Waals surface area contributed by atoms with E-state index in [9.17, 15) is 14.7 Å². The molecule has 4 nitrogen and oxygen atoms in total. The lowest BCUT2D eigenvalue weighted by Gasteiger charge is -2.38. The van der Waals surface area contributed by atoms with E-state index in [1.165, 1.54) is 11.8 Å². The van der Waals surface area contributed by atoms with Gasteiger partial charge in [-0.1, -0.05) is 12.1 Å². The predicted octanol–water partition coefficient (Wildman–Crippen LogP) is 2.15. The summed E-state index contributed by atoms with van der Waals surface area (Å²) < 4.78 is 0. The zero-order chi connectivity index (χ0) is 13.2. The third kappa shape index (κ3) is 2.22. The Morgan fingerprint density at radius 3 is 2.50 bits per heavy atom. The summed E-state index contributed by atoms with van der Waals surface area (Å²) in [6.45, 7) is 0. The van der Waals surface area contributed by atoms with Crippen molar-refractivity contribution in [1.29, 1.82) is 0 Å². The van der Waals surface area contributed by atoms with Crippen LogP contribution in [0.1, 0.15) is 29.6 Å². The summed E-state index contributed by atoms with van der Waals surface area (Å²) in [6, 6.07) is 7.21. The summed E-state index contributed by atoms with van der Waals surface area (Å²) in [5.74, 6) is -1.24. The fraction of sp³-hybridized carbons (Fsp3) is 0.385. The number of thioether (sulfide) groups is 1. The molecule has 0 bridgehead atoms. The Balaban J connectivity index is 2.19. The van der Waals surface area contributed by atoms with E-state index in [1.807, 2.05) is 18.4 Å². The van der Waals surface area contributed by atoms with Crippen LogP contribution < -0.4 is 5.32 Å². The summed E-state index contributed by atoms with van der Waals surface area (Å²) >= 11 is 1.48. The number of rotatable bonds is 4. The molecule has 0 heterocycles. The molecule has 2 rings (SSSR count). The van der Waals surface area contributed by atoms with Crippen molar-refractivity contribution in [3.8, 4) is 0 Å². The fourth-order valence-electron chi connectivity index (χ4n) is 2.04. The smallest absolute Gasteiger partial charge is 0.329 e. The van der Waals surface area contributed by atoms with Crippen molar-refractivity contribution in [2.75, 3.05) is 6.26 Å².